The van der Waals surface area contributed by atoms with E-state index in [1.54, 1.807) is 16.2 Å². The number of allylic oxidation sites excluding steroid dienone is 2. The number of carbonyl (C=O) groups is 1. The zero-order valence-electron chi connectivity index (χ0n) is 10.9. The molecular weight excluding hydrogens is 256 g/mol. The van der Waals surface area contributed by atoms with Crippen molar-refractivity contribution >= 4 is 32.6 Å². The summed E-state index contributed by atoms with van der Waals surface area (Å²) in [5.74, 6) is 0.297. The summed E-state index contributed by atoms with van der Waals surface area (Å²) in [6.07, 6.45) is 7.07. The van der Waals surface area contributed by atoms with Gasteiger partial charge in [-0.25, -0.2) is 4.98 Å². The Balaban J connectivity index is 1.84. The van der Waals surface area contributed by atoms with E-state index in [-0.39, 0.29) is 11.8 Å². The number of anilines is 1. The van der Waals surface area contributed by atoms with Crippen LogP contribution in [0.3, 0.4) is 0 Å². The molecule has 2 aromatic rings. The average Bonchev–Trinajstić information content (AvgIpc) is 2.90. The Kier molecular flexibility index (Phi) is 3.34. The molecule has 0 aliphatic heterocycles. The quantitative estimate of drug-likeness (QED) is 0.782. The first-order valence-electron chi connectivity index (χ1n) is 6.54. The molecule has 0 bridgehead atoms. The van der Waals surface area contributed by atoms with E-state index in [2.05, 4.69) is 17.1 Å². The number of rotatable bonds is 2. The predicted octanol–water partition coefficient (Wildman–Crippen LogP) is 3.62. The molecule has 0 saturated heterocycles. The fourth-order valence-electron chi connectivity index (χ4n) is 2.39. The van der Waals surface area contributed by atoms with Gasteiger partial charge in [-0.05, 0) is 31.4 Å². The van der Waals surface area contributed by atoms with Crippen LogP contribution in [0.4, 0.5) is 5.13 Å². The monoisotopic (exact) mass is 272 g/mol. The Morgan fingerprint density at radius 2 is 2.21 bits per heavy atom. The van der Waals surface area contributed by atoms with E-state index in [4.69, 9.17) is 0 Å². The van der Waals surface area contributed by atoms with Crippen molar-refractivity contribution in [2.24, 2.45) is 5.92 Å². The number of hydrogen-bond acceptors (Lipinski definition) is 3. The van der Waals surface area contributed by atoms with Crippen LogP contribution in [0.5, 0.6) is 0 Å². The van der Waals surface area contributed by atoms with Crippen LogP contribution in [0.25, 0.3) is 10.2 Å². The van der Waals surface area contributed by atoms with Crippen LogP contribution in [-0.2, 0) is 4.79 Å². The third-order valence-electron chi connectivity index (χ3n) is 3.52. The minimum atomic E-state index is 0.113. The molecule has 1 atom stereocenters. The van der Waals surface area contributed by atoms with Crippen molar-refractivity contribution in [3.8, 4) is 0 Å². The minimum Gasteiger partial charge on any atom is -0.291 e. The number of amides is 1. The smallest absolute Gasteiger partial charge is 0.231 e. The molecule has 19 heavy (non-hydrogen) atoms. The second kappa shape index (κ2) is 5.13. The van der Waals surface area contributed by atoms with Gasteiger partial charge in [0.15, 0.2) is 5.13 Å². The van der Waals surface area contributed by atoms with E-state index in [0.717, 1.165) is 34.6 Å². The molecule has 1 aliphatic rings. The number of benzene rings is 1. The molecule has 98 valence electrons. The Bertz CT molecular complexity index is 599. The first kappa shape index (κ1) is 12.4. The lowest BCUT2D eigenvalue weighted by Crippen LogP contribution is -2.33. The van der Waals surface area contributed by atoms with E-state index in [1.807, 2.05) is 31.3 Å². The second-order valence-corrected chi connectivity index (χ2v) is 5.85. The van der Waals surface area contributed by atoms with E-state index in [1.165, 1.54) is 0 Å². The second-order valence-electron chi connectivity index (χ2n) is 4.84. The summed E-state index contributed by atoms with van der Waals surface area (Å²) in [4.78, 5) is 18.7. The van der Waals surface area contributed by atoms with Gasteiger partial charge in [0.1, 0.15) is 0 Å². The number of nitrogens with zero attached hydrogens (tertiary/aromatic N) is 2. The summed E-state index contributed by atoms with van der Waals surface area (Å²) in [6.45, 7) is 0. The van der Waals surface area contributed by atoms with Gasteiger partial charge in [0.05, 0.1) is 10.2 Å². The molecule has 1 amide bonds. The lowest BCUT2D eigenvalue weighted by Gasteiger charge is -2.22. The molecule has 1 aromatic carbocycles. The van der Waals surface area contributed by atoms with Crippen LogP contribution in [0, 0.1) is 5.92 Å². The maximum Gasteiger partial charge on any atom is 0.231 e. The van der Waals surface area contributed by atoms with Gasteiger partial charge < -0.3 is 0 Å². The molecule has 1 aliphatic carbocycles. The fraction of sp³-hybridized carbons (Fsp3) is 0.333. The van der Waals surface area contributed by atoms with Crippen molar-refractivity contribution in [3.63, 3.8) is 0 Å². The molecule has 3 rings (SSSR count). The van der Waals surface area contributed by atoms with Crippen LogP contribution in [0.1, 0.15) is 19.3 Å². The summed E-state index contributed by atoms with van der Waals surface area (Å²) in [7, 11) is 1.83. The molecule has 0 spiro atoms. The molecule has 1 unspecified atom stereocenters. The van der Waals surface area contributed by atoms with Gasteiger partial charge in [-0.3, -0.25) is 9.69 Å². The van der Waals surface area contributed by atoms with Gasteiger partial charge in [-0.15, -0.1) is 0 Å². The number of thiazole rings is 1. The average molecular weight is 272 g/mol. The van der Waals surface area contributed by atoms with E-state index < -0.39 is 0 Å². The van der Waals surface area contributed by atoms with Crippen molar-refractivity contribution in [3.05, 3.63) is 36.4 Å². The molecule has 4 heteroatoms. The number of aromatic nitrogens is 1. The van der Waals surface area contributed by atoms with Gasteiger partial charge in [-0.1, -0.05) is 35.6 Å². The van der Waals surface area contributed by atoms with Crippen molar-refractivity contribution in [2.45, 2.75) is 19.3 Å². The van der Waals surface area contributed by atoms with Crippen LogP contribution in [-0.4, -0.2) is 17.9 Å². The Labute approximate surface area is 116 Å². The standard InChI is InChI=1S/C15H16N2OS/c1-17(14(18)11-7-3-2-4-8-11)15-16-12-9-5-6-10-13(12)19-15/h2-3,5-6,9-11H,4,7-8H2,1H3. The summed E-state index contributed by atoms with van der Waals surface area (Å²) in [6, 6.07) is 7.99. The summed E-state index contributed by atoms with van der Waals surface area (Å²) >= 11 is 1.57. The minimum absolute atomic E-state index is 0.113. The Hall–Kier alpha value is -1.68. The Morgan fingerprint density at radius 1 is 1.37 bits per heavy atom. The molecule has 0 radical (unpaired) electrons. The number of hydrogen-bond donors (Lipinski definition) is 0. The maximum atomic E-state index is 12.4. The van der Waals surface area contributed by atoms with Gasteiger partial charge >= 0.3 is 0 Å². The third-order valence-corrected chi connectivity index (χ3v) is 4.63. The summed E-state index contributed by atoms with van der Waals surface area (Å²) in [5.41, 5.74) is 0.964. The molecule has 3 nitrogen and oxygen atoms in total. The lowest BCUT2D eigenvalue weighted by molar-refractivity contribution is -0.122. The first-order valence-corrected chi connectivity index (χ1v) is 7.35. The molecule has 0 fully saturated rings. The molecule has 0 N–H and O–H groups in total. The van der Waals surface area contributed by atoms with Crippen molar-refractivity contribution in [1.82, 2.24) is 4.98 Å². The highest BCUT2D eigenvalue weighted by Crippen LogP contribution is 2.30. The van der Waals surface area contributed by atoms with Gasteiger partial charge in [0.2, 0.25) is 5.91 Å². The zero-order chi connectivity index (χ0) is 13.2. The number of carbonyl (C=O) groups excluding carboxylic acids is 1. The van der Waals surface area contributed by atoms with Gasteiger partial charge in [0, 0.05) is 13.0 Å². The number of fused-ring (bicyclic) bond motifs is 1. The SMILES string of the molecule is CN(C(=O)C1CC=CCC1)c1nc2ccccc2s1. The summed E-state index contributed by atoms with van der Waals surface area (Å²) in [5, 5.41) is 0.792. The zero-order valence-corrected chi connectivity index (χ0v) is 11.7. The topological polar surface area (TPSA) is 33.2 Å². The van der Waals surface area contributed by atoms with Gasteiger partial charge in [-0.2, -0.15) is 0 Å². The van der Waals surface area contributed by atoms with Crippen molar-refractivity contribution in [2.75, 3.05) is 11.9 Å². The highest BCUT2D eigenvalue weighted by molar-refractivity contribution is 7.22. The van der Waals surface area contributed by atoms with Crippen molar-refractivity contribution < 1.29 is 4.79 Å². The van der Waals surface area contributed by atoms with E-state index >= 15 is 0 Å². The van der Waals surface area contributed by atoms with Crippen LogP contribution in [0.15, 0.2) is 36.4 Å². The van der Waals surface area contributed by atoms with Crippen molar-refractivity contribution in [1.29, 1.82) is 0 Å². The van der Waals surface area contributed by atoms with E-state index in [9.17, 15) is 4.79 Å². The maximum absolute atomic E-state index is 12.4. The first-order chi connectivity index (χ1) is 9.25. The third kappa shape index (κ3) is 2.40. The largest absolute Gasteiger partial charge is 0.291 e. The normalized spacial score (nSPS) is 18.7. The predicted molar refractivity (Wildman–Crippen MR) is 79.5 cm³/mol. The van der Waals surface area contributed by atoms with Gasteiger partial charge in [0.25, 0.3) is 0 Å². The van der Waals surface area contributed by atoms with Crippen LogP contribution >= 0.6 is 11.3 Å². The molecule has 1 aromatic heterocycles. The summed E-state index contributed by atoms with van der Waals surface area (Å²) < 4.78 is 1.13. The highest BCUT2D eigenvalue weighted by Gasteiger charge is 2.24. The lowest BCUT2D eigenvalue weighted by atomic mass is 9.93. The fourth-order valence-corrected chi connectivity index (χ4v) is 3.32. The number of para-hydroxylation sites is 1. The molecular formula is C15H16N2OS. The highest BCUT2D eigenvalue weighted by atomic mass is 32.1. The molecule has 1 heterocycles. The van der Waals surface area contributed by atoms with E-state index in [0.29, 0.717) is 0 Å². The van der Waals surface area contributed by atoms with Crippen LogP contribution in [0.2, 0.25) is 0 Å². The Morgan fingerprint density at radius 3 is 2.95 bits per heavy atom. The molecule has 0 saturated carbocycles. The van der Waals surface area contributed by atoms with Crippen LogP contribution < -0.4 is 4.90 Å².